The molecule has 24 heavy (non-hydrogen) atoms. The highest BCUT2D eigenvalue weighted by Gasteiger charge is 2.42. The lowest BCUT2D eigenvalue weighted by Crippen LogP contribution is -2.40. The molecule has 0 spiro atoms. The first kappa shape index (κ1) is 16.1. The van der Waals surface area contributed by atoms with Gasteiger partial charge in [-0.2, -0.15) is 0 Å². The predicted molar refractivity (Wildman–Crippen MR) is 92.0 cm³/mol. The van der Waals surface area contributed by atoms with E-state index in [1.165, 1.54) is 18.4 Å². The fourth-order valence-corrected chi connectivity index (χ4v) is 4.91. The van der Waals surface area contributed by atoms with E-state index >= 15 is 0 Å². The van der Waals surface area contributed by atoms with E-state index in [9.17, 15) is 9.35 Å². The molecule has 9 heteroatoms. The first-order chi connectivity index (χ1) is 11.7. The van der Waals surface area contributed by atoms with Crippen LogP contribution in [0, 0.1) is 0 Å². The molecule has 1 saturated heterocycles. The third-order valence-electron chi connectivity index (χ3n) is 4.32. The van der Waals surface area contributed by atoms with Crippen molar-refractivity contribution in [3.05, 3.63) is 27.9 Å². The highest BCUT2D eigenvalue weighted by atomic mass is 32.2. The zero-order valence-corrected chi connectivity index (χ0v) is 14.9. The van der Waals surface area contributed by atoms with Gasteiger partial charge in [0.15, 0.2) is 10.8 Å². The summed E-state index contributed by atoms with van der Waals surface area (Å²) in [5.41, 5.74) is 1.49. The number of aliphatic imine (C=N–C) groups is 1. The number of aromatic nitrogens is 1. The summed E-state index contributed by atoms with van der Waals surface area (Å²) in [6.45, 7) is 0.929. The van der Waals surface area contributed by atoms with Crippen LogP contribution in [0.4, 0.5) is 0 Å². The molecule has 1 saturated carbocycles. The second kappa shape index (κ2) is 6.47. The molecule has 2 atom stereocenters. The van der Waals surface area contributed by atoms with Crippen LogP contribution in [0.1, 0.15) is 24.3 Å². The van der Waals surface area contributed by atoms with Gasteiger partial charge in [0, 0.05) is 54.4 Å². The van der Waals surface area contributed by atoms with Crippen LogP contribution in [0.15, 0.2) is 27.8 Å². The summed E-state index contributed by atoms with van der Waals surface area (Å²) in [6.07, 6.45) is 4.44. The van der Waals surface area contributed by atoms with E-state index in [0.717, 1.165) is 29.4 Å². The largest absolute Gasteiger partial charge is 0.598 e. The Balaban J connectivity index is 1.60. The fraction of sp³-hybridized carbons (Fsp3) is 0.533. The van der Waals surface area contributed by atoms with E-state index in [0.29, 0.717) is 25.1 Å². The van der Waals surface area contributed by atoms with Gasteiger partial charge in [-0.25, -0.2) is 9.78 Å². The summed E-state index contributed by atoms with van der Waals surface area (Å²) in [5, 5.41) is 3.02. The molecule has 7 nitrogen and oxygen atoms in total. The van der Waals surface area contributed by atoms with Crippen molar-refractivity contribution in [1.29, 1.82) is 0 Å². The average molecular weight is 366 g/mol. The lowest BCUT2D eigenvalue weighted by Gasteiger charge is -2.26. The molecular formula is C15H18N4O3S2. The summed E-state index contributed by atoms with van der Waals surface area (Å²) < 4.78 is 20.3. The van der Waals surface area contributed by atoms with Crippen molar-refractivity contribution in [1.82, 2.24) is 14.6 Å². The number of amidine groups is 1. The topological polar surface area (TPSA) is 89.9 Å². The molecule has 1 N–H and O–H groups in total. The number of carbonyl (C=O) groups is 1. The Morgan fingerprint density at radius 3 is 3.04 bits per heavy atom. The summed E-state index contributed by atoms with van der Waals surface area (Å²) in [4.78, 5) is 23.0. The number of thiazole rings is 1. The molecule has 0 aromatic carbocycles. The number of ether oxygens (including phenoxy) is 1. The fourth-order valence-electron chi connectivity index (χ4n) is 3.01. The number of hydrogen-bond donors (Lipinski definition) is 1. The van der Waals surface area contributed by atoms with E-state index in [1.54, 1.807) is 6.20 Å². The van der Waals surface area contributed by atoms with E-state index in [-0.39, 0.29) is 17.3 Å². The molecule has 3 aliphatic rings. The summed E-state index contributed by atoms with van der Waals surface area (Å²) in [5.74, 6) is 0.440. The zero-order valence-electron chi connectivity index (χ0n) is 13.2. The third-order valence-corrected chi connectivity index (χ3v) is 6.74. The number of fused-ring (bicyclic) bond motifs is 1. The maximum atomic E-state index is 12.2. The van der Waals surface area contributed by atoms with Crippen LogP contribution in [-0.2, 0) is 20.9 Å². The normalized spacial score (nSPS) is 24.7. The SMILES string of the molecule is COC(=O)C1=C2CC(N[S+]([O-])C3CC3)CN2C(c2nccs2)=NC1. The van der Waals surface area contributed by atoms with Gasteiger partial charge in [0.2, 0.25) is 0 Å². The minimum Gasteiger partial charge on any atom is -0.598 e. The molecule has 128 valence electrons. The Hall–Kier alpha value is -1.42. The molecule has 3 heterocycles. The zero-order chi connectivity index (χ0) is 16.7. The van der Waals surface area contributed by atoms with E-state index in [4.69, 9.17) is 4.74 Å². The van der Waals surface area contributed by atoms with E-state index in [2.05, 4.69) is 14.7 Å². The van der Waals surface area contributed by atoms with Crippen LogP contribution in [0.5, 0.6) is 0 Å². The maximum Gasteiger partial charge on any atom is 0.337 e. The molecule has 2 unspecified atom stereocenters. The van der Waals surface area contributed by atoms with Crippen LogP contribution in [0.25, 0.3) is 0 Å². The van der Waals surface area contributed by atoms with E-state index < -0.39 is 11.4 Å². The monoisotopic (exact) mass is 366 g/mol. The molecule has 2 aliphatic heterocycles. The second-order valence-corrected chi connectivity index (χ2v) is 8.41. The van der Waals surface area contributed by atoms with Crippen molar-refractivity contribution in [3.8, 4) is 0 Å². The molecule has 4 rings (SSSR count). The Kier molecular flexibility index (Phi) is 4.33. The van der Waals surface area contributed by atoms with Crippen LogP contribution in [0.3, 0.4) is 0 Å². The second-order valence-electron chi connectivity index (χ2n) is 6.02. The van der Waals surface area contributed by atoms with Crippen LogP contribution in [0.2, 0.25) is 0 Å². The Labute approximate surface area is 147 Å². The van der Waals surface area contributed by atoms with Crippen molar-refractivity contribution < 1.29 is 14.1 Å². The standard InChI is InChI=1S/C15H18N4O3S2/c1-22-15(20)11-7-17-13(14-16-4-5-23-14)19-8-9(6-12(11)19)18-24(21)10-2-3-10/h4-5,9-10,18H,2-3,6-8H2,1H3. The quantitative estimate of drug-likeness (QED) is 0.613. The molecule has 0 amide bonds. The number of hydrogen-bond acceptors (Lipinski definition) is 8. The van der Waals surface area contributed by atoms with Gasteiger partial charge in [0.25, 0.3) is 0 Å². The van der Waals surface area contributed by atoms with E-state index in [1.807, 2.05) is 10.3 Å². The Morgan fingerprint density at radius 1 is 1.54 bits per heavy atom. The number of nitrogens with one attached hydrogen (secondary N) is 1. The van der Waals surface area contributed by atoms with Crippen molar-refractivity contribution in [2.45, 2.75) is 30.6 Å². The van der Waals surface area contributed by atoms with Crippen molar-refractivity contribution in [2.24, 2.45) is 4.99 Å². The smallest absolute Gasteiger partial charge is 0.337 e. The van der Waals surface area contributed by atoms with Gasteiger partial charge in [-0.1, -0.05) is 0 Å². The van der Waals surface area contributed by atoms with Gasteiger partial charge in [0.1, 0.15) is 5.25 Å². The molecule has 2 fully saturated rings. The van der Waals surface area contributed by atoms with Crippen LogP contribution >= 0.6 is 11.3 Å². The molecular weight excluding hydrogens is 348 g/mol. The lowest BCUT2D eigenvalue weighted by molar-refractivity contribution is -0.136. The maximum absolute atomic E-state index is 12.2. The lowest BCUT2D eigenvalue weighted by atomic mass is 10.1. The minimum absolute atomic E-state index is 0.0318. The Morgan fingerprint density at radius 2 is 2.38 bits per heavy atom. The summed E-state index contributed by atoms with van der Waals surface area (Å²) >= 11 is 0.517. The van der Waals surface area contributed by atoms with Gasteiger partial charge >= 0.3 is 5.97 Å². The third kappa shape index (κ3) is 2.97. The van der Waals surface area contributed by atoms with Crippen molar-refractivity contribution in [2.75, 3.05) is 20.2 Å². The van der Waals surface area contributed by atoms with Gasteiger partial charge in [-0.3, -0.25) is 4.99 Å². The number of esters is 1. The van der Waals surface area contributed by atoms with Crippen LogP contribution in [-0.4, -0.2) is 57.7 Å². The molecule has 0 radical (unpaired) electrons. The number of rotatable bonds is 5. The van der Waals surface area contributed by atoms with Gasteiger partial charge in [-0.15, -0.1) is 16.1 Å². The highest BCUT2D eigenvalue weighted by molar-refractivity contribution is 7.90. The first-order valence-corrected chi connectivity index (χ1v) is 9.95. The van der Waals surface area contributed by atoms with Gasteiger partial charge < -0.3 is 14.2 Å². The minimum atomic E-state index is -1.00. The summed E-state index contributed by atoms with van der Waals surface area (Å²) in [7, 11) is 1.38. The average Bonchev–Trinajstić information content (AvgIpc) is 3.14. The molecule has 1 aromatic rings. The Bertz CT molecular complexity index is 700. The van der Waals surface area contributed by atoms with Crippen molar-refractivity contribution in [3.63, 3.8) is 0 Å². The highest BCUT2D eigenvalue weighted by Crippen LogP contribution is 2.33. The van der Waals surface area contributed by atoms with Crippen LogP contribution < -0.4 is 4.72 Å². The van der Waals surface area contributed by atoms with Gasteiger partial charge in [-0.05, 0) is 0 Å². The molecule has 0 bridgehead atoms. The van der Waals surface area contributed by atoms with Gasteiger partial charge in [0.05, 0.1) is 25.3 Å². The number of carbonyl (C=O) groups excluding carboxylic acids is 1. The summed E-state index contributed by atoms with van der Waals surface area (Å²) in [6, 6.07) is 0.0318. The first-order valence-electron chi connectivity index (χ1n) is 7.86. The molecule has 1 aliphatic carbocycles. The number of methoxy groups -OCH3 is 1. The number of nitrogens with zero attached hydrogens (tertiary/aromatic N) is 3. The predicted octanol–water partition coefficient (Wildman–Crippen LogP) is 0.820. The van der Waals surface area contributed by atoms with Crippen molar-refractivity contribution >= 4 is 34.5 Å². The molecule has 1 aromatic heterocycles.